The van der Waals surface area contributed by atoms with Gasteiger partial charge in [0.05, 0.1) is 17.0 Å². The van der Waals surface area contributed by atoms with Crippen molar-refractivity contribution in [2.75, 3.05) is 6.54 Å². The maximum Gasteiger partial charge on any atom is 0.418 e. The van der Waals surface area contributed by atoms with Gasteiger partial charge in [-0.3, -0.25) is 9.59 Å². The van der Waals surface area contributed by atoms with Crippen molar-refractivity contribution in [3.8, 4) is 11.1 Å². The molecule has 0 radical (unpaired) electrons. The molecular formula is C20H19ClF3NO3. The SMILES string of the molecule is CCN(Cc1c(-c2ccccc2)cc(Cl)c(C(F)(F)F)c1CC(=O)O)C(C)=O. The van der Waals surface area contributed by atoms with E-state index in [1.54, 1.807) is 37.3 Å². The van der Waals surface area contributed by atoms with Gasteiger partial charge >= 0.3 is 12.1 Å². The maximum atomic E-state index is 13.7. The van der Waals surface area contributed by atoms with Crippen molar-refractivity contribution in [3.63, 3.8) is 0 Å². The molecule has 0 aromatic heterocycles. The van der Waals surface area contributed by atoms with Crippen LogP contribution in [0.5, 0.6) is 0 Å². The molecule has 0 aliphatic rings. The van der Waals surface area contributed by atoms with Crippen LogP contribution in [0.4, 0.5) is 13.2 Å². The fourth-order valence-electron chi connectivity index (χ4n) is 3.09. The van der Waals surface area contributed by atoms with E-state index >= 15 is 0 Å². The Morgan fingerprint density at radius 3 is 2.21 bits per heavy atom. The van der Waals surface area contributed by atoms with Gasteiger partial charge in [0.1, 0.15) is 0 Å². The summed E-state index contributed by atoms with van der Waals surface area (Å²) >= 11 is 5.96. The number of alkyl halides is 3. The summed E-state index contributed by atoms with van der Waals surface area (Å²) in [4.78, 5) is 24.6. The second kappa shape index (κ2) is 8.65. The van der Waals surface area contributed by atoms with Gasteiger partial charge in [0.2, 0.25) is 5.91 Å². The van der Waals surface area contributed by atoms with Gasteiger partial charge in [-0.15, -0.1) is 0 Å². The van der Waals surface area contributed by atoms with Crippen LogP contribution in [0.15, 0.2) is 36.4 Å². The van der Waals surface area contributed by atoms with Crippen LogP contribution in [0.25, 0.3) is 11.1 Å². The monoisotopic (exact) mass is 413 g/mol. The van der Waals surface area contributed by atoms with Gasteiger partial charge in [0, 0.05) is 20.0 Å². The molecular weight excluding hydrogens is 395 g/mol. The average molecular weight is 414 g/mol. The number of carbonyl (C=O) groups is 2. The van der Waals surface area contributed by atoms with Gasteiger partial charge in [0.15, 0.2) is 0 Å². The summed E-state index contributed by atoms with van der Waals surface area (Å²) in [5.74, 6) is -1.75. The van der Waals surface area contributed by atoms with E-state index in [-0.39, 0.29) is 24.6 Å². The molecule has 0 aliphatic carbocycles. The van der Waals surface area contributed by atoms with Crippen LogP contribution in [0, 0.1) is 0 Å². The molecule has 0 fully saturated rings. The van der Waals surface area contributed by atoms with Crippen LogP contribution in [-0.4, -0.2) is 28.4 Å². The lowest BCUT2D eigenvalue weighted by atomic mass is 9.89. The van der Waals surface area contributed by atoms with E-state index in [2.05, 4.69) is 0 Å². The molecule has 28 heavy (non-hydrogen) atoms. The summed E-state index contributed by atoms with van der Waals surface area (Å²) in [6.45, 7) is 3.11. The zero-order chi connectivity index (χ0) is 21.1. The number of carbonyl (C=O) groups excluding carboxylic acids is 1. The van der Waals surface area contributed by atoms with Gasteiger partial charge in [-0.1, -0.05) is 41.9 Å². The van der Waals surface area contributed by atoms with Crippen LogP contribution in [-0.2, 0) is 28.7 Å². The van der Waals surface area contributed by atoms with Crippen molar-refractivity contribution >= 4 is 23.5 Å². The molecule has 0 bridgehead atoms. The standard InChI is InChI=1S/C20H19ClF3NO3/c1-3-25(12(2)26)11-16-14(13-7-5-4-6-8-13)9-17(21)19(20(22,23)24)15(16)10-18(27)28/h4-9H,3,10-11H2,1-2H3,(H,27,28). The van der Waals surface area contributed by atoms with Crippen LogP contribution in [0.3, 0.4) is 0 Å². The molecule has 0 aliphatic heterocycles. The Bertz CT molecular complexity index is 883. The molecule has 0 atom stereocenters. The molecule has 8 heteroatoms. The van der Waals surface area contributed by atoms with E-state index in [4.69, 9.17) is 11.6 Å². The van der Waals surface area contributed by atoms with Crippen LogP contribution in [0.2, 0.25) is 5.02 Å². The second-order valence-corrected chi connectivity index (χ2v) is 6.61. The van der Waals surface area contributed by atoms with Crippen molar-refractivity contribution in [1.82, 2.24) is 4.90 Å². The normalized spacial score (nSPS) is 11.4. The van der Waals surface area contributed by atoms with Crippen molar-refractivity contribution < 1.29 is 27.9 Å². The minimum atomic E-state index is -4.83. The zero-order valence-electron chi connectivity index (χ0n) is 15.3. The average Bonchev–Trinajstić information content (AvgIpc) is 2.59. The first-order valence-electron chi connectivity index (χ1n) is 8.50. The summed E-state index contributed by atoms with van der Waals surface area (Å²) in [6, 6.07) is 9.75. The molecule has 0 unspecified atom stereocenters. The van der Waals surface area contributed by atoms with Gasteiger partial charge < -0.3 is 10.0 Å². The lowest BCUT2D eigenvalue weighted by Gasteiger charge is -2.26. The maximum absolute atomic E-state index is 13.7. The second-order valence-electron chi connectivity index (χ2n) is 6.21. The molecule has 0 spiro atoms. The first kappa shape index (κ1) is 21.8. The van der Waals surface area contributed by atoms with E-state index in [0.717, 1.165) is 0 Å². The highest BCUT2D eigenvalue weighted by molar-refractivity contribution is 6.32. The molecule has 0 heterocycles. The predicted molar refractivity (Wildman–Crippen MR) is 100.0 cm³/mol. The smallest absolute Gasteiger partial charge is 0.418 e. The minimum absolute atomic E-state index is 0.127. The molecule has 1 N–H and O–H groups in total. The Morgan fingerprint density at radius 1 is 1.14 bits per heavy atom. The molecule has 2 aromatic rings. The summed E-state index contributed by atoms with van der Waals surface area (Å²) in [5, 5.41) is 8.67. The molecule has 4 nitrogen and oxygen atoms in total. The first-order valence-corrected chi connectivity index (χ1v) is 8.88. The van der Waals surface area contributed by atoms with Crippen LogP contribution in [0.1, 0.15) is 30.5 Å². The Labute approximate surface area is 165 Å². The number of rotatable bonds is 6. The van der Waals surface area contributed by atoms with Crippen molar-refractivity contribution in [3.05, 3.63) is 58.1 Å². The van der Waals surface area contributed by atoms with Crippen molar-refractivity contribution in [2.24, 2.45) is 0 Å². The number of nitrogens with zero attached hydrogens (tertiary/aromatic N) is 1. The third-order valence-corrected chi connectivity index (χ3v) is 4.67. The summed E-state index contributed by atoms with van der Waals surface area (Å²) in [5.41, 5.74) is -0.520. The highest BCUT2D eigenvalue weighted by Gasteiger charge is 2.38. The van der Waals surface area contributed by atoms with E-state index in [0.29, 0.717) is 11.1 Å². The van der Waals surface area contributed by atoms with E-state index in [1.165, 1.54) is 17.9 Å². The molecule has 150 valence electrons. The molecule has 2 rings (SSSR count). The lowest BCUT2D eigenvalue weighted by Crippen LogP contribution is -2.29. The van der Waals surface area contributed by atoms with E-state index in [1.807, 2.05) is 0 Å². The van der Waals surface area contributed by atoms with Crippen molar-refractivity contribution in [2.45, 2.75) is 33.0 Å². The number of halogens is 4. The third kappa shape index (κ3) is 4.84. The van der Waals surface area contributed by atoms with Crippen LogP contribution < -0.4 is 0 Å². The molecule has 0 saturated heterocycles. The van der Waals surface area contributed by atoms with Gasteiger partial charge in [-0.05, 0) is 35.2 Å². The number of hydrogen-bond acceptors (Lipinski definition) is 2. The summed E-state index contributed by atoms with van der Waals surface area (Å²) in [6.07, 6.45) is -5.70. The molecule has 2 aromatic carbocycles. The van der Waals surface area contributed by atoms with Gasteiger partial charge in [-0.25, -0.2) is 0 Å². The molecule has 1 amide bonds. The fourth-order valence-corrected chi connectivity index (χ4v) is 3.42. The number of aliphatic carboxylic acids is 1. The predicted octanol–water partition coefficient (Wildman–Crippen LogP) is 5.02. The number of carboxylic acids is 1. The largest absolute Gasteiger partial charge is 0.481 e. The van der Waals surface area contributed by atoms with Gasteiger partial charge in [-0.2, -0.15) is 13.2 Å². The highest BCUT2D eigenvalue weighted by Crippen LogP contribution is 2.43. The topological polar surface area (TPSA) is 57.6 Å². The summed E-state index contributed by atoms with van der Waals surface area (Å²) < 4.78 is 41.1. The highest BCUT2D eigenvalue weighted by atomic mass is 35.5. The Morgan fingerprint density at radius 2 is 1.75 bits per heavy atom. The zero-order valence-corrected chi connectivity index (χ0v) is 16.1. The van der Waals surface area contributed by atoms with Crippen LogP contribution >= 0.6 is 11.6 Å². The number of carboxylic acid groups (broad SMARTS) is 1. The molecule has 0 saturated carbocycles. The number of hydrogen-bond donors (Lipinski definition) is 1. The quantitative estimate of drug-likeness (QED) is 0.723. The van der Waals surface area contributed by atoms with E-state index in [9.17, 15) is 27.9 Å². The fraction of sp³-hybridized carbons (Fsp3) is 0.300. The lowest BCUT2D eigenvalue weighted by molar-refractivity contribution is -0.139. The number of amides is 1. The minimum Gasteiger partial charge on any atom is -0.481 e. The Balaban J connectivity index is 2.87. The van der Waals surface area contributed by atoms with Gasteiger partial charge in [0.25, 0.3) is 0 Å². The third-order valence-electron chi connectivity index (χ3n) is 4.37. The number of benzene rings is 2. The first-order chi connectivity index (χ1) is 13.1. The van der Waals surface area contributed by atoms with Crippen molar-refractivity contribution in [1.29, 1.82) is 0 Å². The van der Waals surface area contributed by atoms with E-state index < -0.39 is 34.7 Å². The summed E-state index contributed by atoms with van der Waals surface area (Å²) in [7, 11) is 0. The Kier molecular flexibility index (Phi) is 6.72. The Hall–Kier alpha value is -2.54.